The number of rotatable bonds is 6. The highest BCUT2D eigenvalue weighted by atomic mass is 32.1. The van der Waals surface area contributed by atoms with Crippen molar-refractivity contribution < 1.29 is 9.53 Å². The van der Waals surface area contributed by atoms with Crippen LogP contribution in [0.4, 0.5) is 5.95 Å². The number of hydrogen-bond donors (Lipinski definition) is 1. The van der Waals surface area contributed by atoms with Gasteiger partial charge in [0.2, 0.25) is 5.95 Å². The third-order valence-electron chi connectivity index (χ3n) is 3.03. The van der Waals surface area contributed by atoms with Gasteiger partial charge in [-0.2, -0.15) is 9.67 Å². The van der Waals surface area contributed by atoms with E-state index in [1.807, 2.05) is 23.6 Å². The molecule has 0 aliphatic heterocycles. The van der Waals surface area contributed by atoms with Crippen LogP contribution < -0.4 is 5.32 Å². The maximum Gasteiger partial charge on any atom is 0.276 e. The minimum atomic E-state index is -0.288. The molecule has 118 valence electrons. The molecule has 0 saturated heterocycles. The Morgan fingerprint density at radius 3 is 3.00 bits per heavy atom. The van der Waals surface area contributed by atoms with Crippen LogP contribution >= 0.6 is 11.3 Å². The molecule has 3 aromatic rings. The molecule has 0 fully saturated rings. The van der Waals surface area contributed by atoms with Gasteiger partial charge < -0.3 is 10.1 Å². The van der Waals surface area contributed by atoms with Gasteiger partial charge in [0.1, 0.15) is 6.61 Å². The number of aromatic nitrogens is 4. The number of nitrogens with one attached hydrogen (secondary N) is 1. The first-order chi connectivity index (χ1) is 11.3. The van der Waals surface area contributed by atoms with E-state index in [4.69, 9.17) is 4.74 Å². The van der Waals surface area contributed by atoms with Crippen molar-refractivity contribution in [2.24, 2.45) is 0 Å². The number of carbonyl (C=O) groups is 1. The van der Waals surface area contributed by atoms with Crippen molar-refractivity contribution in [1.29, 1.82) is 0 Å². The number of hydrogen-bond acceptors (Lipinski definition) is 7. The number of carbonyl (C=O) groups excluding carboxylic acids is 1. The Morgan fingerprint density at radius 1 is 1.39 bits per heavy atom. The van der Waals surface area contributed by atoms with E-state index in [-0.39, 0.29) is 12.5 Å². The molecule has 0 bridgehead atoms. The fraction of sp³-hybridized carbons (Fsp3) is 0.200. The molecule has 0 saturated carbocycles. The van der Waals surface area contributed by atoms with E-state index in [0.717, 1.165) is 10.4 Å². The summed E-state index contributed by atoms with van der Waals surface area (Å²) in [5, 5.41) is 9.42. The quantitative estimate of drug-likeness (QED) is 0.747. The van der Waals surface area contributed by atoms with Gasteiger partial charge in [-0.25, -0.2) is 0 Å². The summed E-state index contributed by atoms with van der Waals surface area (Å²) in [7, 11) is 1.47. The summed E-state index contributed by atoms with van der Waals surface area (Å²) in [5.41, 5.74) is 0.746. The number of pyridine rings is 1. The van der Waals surface area contributed by atoms with Crippen molar-refractivity contribution in [3.63, 3.8) is 0 Å². The zero-order valence-corrected chi connectivity index (χ0v) is 13.3. The monoisotopic (exact) mass is 329 g/mol. The third kappa shape index (κ3) is 3.61. The van der Waals surface area contributed by atoms with Crippen molar-refractivity contribution in [2.75, 3.05) is 19.0 Å². The van der Waals surface area contributed by atoms with E-state index in [9.17, 15) is 4.79 Å². The summed E-state index contributed by atoms with van der Waals surface area (Å²) in [4.78, 5) is 21.8. The second kappa shape index (κ2) is 7.12. The SMILES string of the molecule is COCC(=O)n1nc(-c2cccnc2)nc1NCc1cccs1. The Labute approximate surface area is 137 Å². The Kier molecular flexibility index (Phi) is 4.74. The van der Waals surface area contributed by atoms with E-state index < -0.39 is 0 Å². The molecule has 1 N–H and O–H groups in total. The van der Waals surface area contributed by atoms with E-state index in [1.54, 1.807) is 29.8 Å². The summed E-state index contributed by atoms with van der Waals surface area (Å²) in [6.45, 7) is 0.507. The molecular formula is C15H15N5O2S. The maximum atomic E-state index is 12.2. The van der Waals surface area contributed by atoms with Crippen molar-refractivity contribution in [1.82, 2.24) is 19.7 Å². The second-order valence-electron chi connectivity index (χ2n) is 4.67. The lowest BCUT2D eigenvalue weighted by molar-refractivity contribution is 0.0748. The zero-order chi connectivity index (χ0) is 16.1. The fourth-order valence-corrected chi connectivity index (χ4v) is 2.63. The van der Waals surface area contributed by atoms with Crippen LogP contribution in [0.5, 0.6) is 0 Å². The normalized spacial score (nSPS) is 10.7. The van der Waals surface area contributed by atoms with Crippen LogP contribution in [0.3, 0.4) is 0 Å². The third-order valence-corrected chi connectivity index (χ3v) is 3.91. The van der Waals surface area contributed by atoms with E-state index in [0.29, 0.717) is 18.3 Å². The van der Waals surface area contributed by atoms with Crippen molar-refractivity contribution in [2.45, 2.75) is 6.54 Å². The number of ether oxygens (including phenoxy) is 1. The molecule has 0 unspecified atom stereocenters. The molecule has 3 heterocycles. The average molecular weight is 329 g/mol. The van der Waals surface area contributed by atoms with Crippen LogP contribution in [0.2, 0.25) is 0 Å². The predicted octanol–water partition coefficient (Wildman–Crippen LogP) is 2.30. The summed E-state index contributed by atoms with van der Waals surface area (Å²) in [6, 6.07) is 7.63. The van der Waals surface area contributed by atoms with Crippen molar-refractivity contribution in [3.8, 4) is 11.4 Å². The standard InChI is InChI=1S/C15H15N5O2S/c1-22-10-13(21)20-15(17-9-12-5-3-7-23-12)18-14(19-20)11-4-2-6-16-8-11/h2-8H,9-10H2,1H3,(H,17,18,19). The smallest absolute Gasteiger partial charge is 0.276 e. The Hall–Kier alpha value is -2.58. The van der Waals surface area contributed by atoms with Gasteiger partial charge >= 0.3 is 0 Å². The Bertz CT molecular complexity index is 771. The zero-order valence-electron chi connectivity index (χ0n) is 12.5. The summed E-state index contributed by atoms with van der Waals surface area (Å²) >= 11 is 1.63. The minimum Gasteiger partial charge on any atom is -0.375 e. The average Bonchev–Trinajstić information content (AvgIpc) is 3.23. The molecule has 0 aliphatic rings. The van der Waals surface area contributed by atoms with Crippen molar-refractivity contribution >= 4 is 23.2 Å². The van der Waals surface area contributed by atoms with Gasteiger partial charge in [0.15, 0.2) is 5.82 Å². The number of thiophene rings is 1. The number of anilines is 1. The van der Waals surface area contributed by atoms with Gasteiger partial charge in [-0.15, -0.1) is 16.4 Å². The predicted molar refractivity (Wildman–Crippen MR) is 87.4 cm³/mol. The first kappa shape index (κ1) is 15.3. The molecule has 3 rings (SSSR count). The van der Waals surface area contributed by atoms with Gasteiger partial charge in [-0.1, -0.05) is 6.07 Å². The highest BCUT2D eigenvalue weighted by Gasteiger charge is 2.17. The molecular weight excluding hydrogens is 314 g/mol. The number of methoxy groups -OCH3 is 1. The molecule has 0 atom stereocenters. The van der Waals surface area contributed by atoms with Crippen LogP contribution in [0, 0.1) is 0 Å². The van der Waals surface area contributed by atoms with Crippen LogP contribution in [0.15, 0.2) is 42.0 Å². The number of nitrogens with zero attached hydrogens (tertiary/aromatic N) is 4. The van der Waals surface area contributed by atoms with Crippen molar-refractivity contribution in [3.05, 3.63) is 46.9 Å². The molecule has 0 aromatic carbocycles. The lowest BCUT2D eigenvalue weighted by atomic mass is 10.3. The largest absolute Gasteiger partial charge is 0.375 e. The lowest BCUT2D eigenvalue weighted by Gasteiger charge is -2.05. The fourth-order valence-electron chi connectivity index (χ4n) is 1.98. The molecule has 0 amide bonds. The van der Waals surface area contributed by atoms with Gasteiger partial charge in [-0.3, -0.25) is 9.78 Å². The summed E-state index contributed by atoms with van der Waals surface area (Å²) < 4.78 is 6.14. The van der Waals surface area contributed by atoms with Crippen LogP contribution in [-0.2, 0) is 11.3 Å². The molecule has 7 nitrogen and oxygen atoms in total. The van der Waals surface area contributed by atoms with E-state index in [2.05, 4.69) is 20.4 Å². The van der Waals surface area contributed by atoms with Gasteiger partial charge in [-0.05, 0) is 23.6 Å². The highest BCUT2D eigenvalue weighted by molar-refractivity contribution is 7.09. The van der Waals surface area contributed by atoms with E-state index >= 15 is 0 Å². The van der Waals surface area contributed by atoms with E-state index in [1.165, 1.54) is 11.8 Å². The Morgan fingerprint density at radius 2 is 2.30 bits per heavy atom. The molecule has 0 radical (unpaired) electrons. The highest BCUT2D eigenvalue weighted by Crippen LogP contribution is 2.18. The first-order valence-electron chi connectivity index (χ1n) is 6.94. The Balaban J connectivity index is 1.88. The molecule has 8 heteroatoms. The van der Waals surface area contributed by atoms with Gasteiger partial charge in [0.05, 0.1) is 6.54 Å². The summed E-state index contributed by atoms with van der Waals surface area (Å²) in [6.07, 6.45) is 3.33. The lowest BCUT2D eigenvalue weighted by Crippen LogP contribution is -2.20. The molecule has 0 aliphatic carbocycles. The van der Waals surface area contributed by atoms with Crippen LogP contribution in [0.25, 0.3) is 11.4 Å². The summed E-state index contributed by atoms with van der Waals surface area (Å²) in [5.74, 6) is 0.541. The second-order valence-corrected chi connectivity index (χ2v) is 5.70. The topological polar surface area (TPSA) is 81.9 Å². The maximum absolute atomic E-state index is 12.2. The molecule has 23 heavy (non-hydrogen) atoms. The van der Waals surface area contributed by atoms with Gasteiger partial charge in [0.25, 0.3) is 5.91 Å². The van der Waals surface area contributed by atoms with Crippen LogP contribution in [-0.4, -0.2) is 39.4 Å². The molecule has 0 spiro atoms. The molecule has 3 aromatic heterocycles. The first-order valence-corrected chi connectivity index (χ1v) is 7.81. The van der Waals surface area contributed by atoms with Gasteiger partial charge in [0, 0.05) is 29.9 Å². The van der Waals surface area contributed by atoms with Crippen LogP contribution in [0.1, 0.15) is 9.67 Å². The minimum absolute atomic E-state index is 0.0660.